The zero-order valence-electron chi connectivity index (χ0n) is 15.2. The van der Waals surface area contributed by atoms with Crippen molar-refractivity contribution in [1.29, 1.82) is 0 Å². The summed E-state index contributed by atoms with van der Waals surface area (Å²) in [5, 5.41) is 2.26. The van der Waals surface area contributed by atoms with E-state index in [0.29, 0.717) is 0 Å². The molecule has 0 unspecified atom stereocenters. The third-order valence-corrected chi connectivity index (χ3v) is 3.78. The second-order valence-corrected chi connectivity index (χ2v) is 7.69. The predicted molar refractivity (Wildman–Crippen MR) is 93.4 cm³/mol. The van der Waals surface area contributed by atoms with Crippen LogP contribution in [0.3, 0.4) is 0 Å². The zero-order chi connectivity index (χ0) is 21.0. The molecule has 13 heteroatoms. The minimum absolute atomic E-state index is 0. The predicted octanol–water partition coefficient (Wildman–Crippen LogP) is 3.08. The molecule has 0 spiro atoms. The van der Waals surface area contributed by atoms with Gasteiger partial charge in [0, 0.05) is 0 Å². The summed E-state index contributed by atoms with van der Waals surface area (Å²) in [6, 6.07) is 2.65. The molecule has 1 aromatic carbocycles. The molecule has 0 bridgehead atoms. The highest BCUT2D eigenvalue weighted by Crippen LogP contribution is 2.28. The van der Waals surface area contributed by atoms with Crippen molar-refractivity contribution in [3.63, 3.8) is 0 Å². The van der Waals surface area contributed by atoms with Gasteiger partial charge in [-0.2, -0.15) is 21.6 Å². The summed E-state index contributed by atoms with van der Waals surface area (Å²) in [6.07, 6.45) is -0.933. The van der Waals surface area contributed by atoms with Crippen molar-refractivity contribution in [3.8, 4) is 5.75 Å². The fourth-order valence-electron chi connectivity index (χ4n) is 1.71. The number of carbonyl (C=O) groups is 2. The van der Waals surface area contributed by atoms with Crippen LogP contribution in [0, 0.1) is 0 Å². The number of hydrogen-bond donors (Lipinski definition) is 1. The Labute approximate surface area is 165 Å². The Bertz CT molecular complexity index is 789. The van der Waals surface area contributed by atoms with E-state index in [0.717, 1.165) is 31.4 Å². The van der Waals surface area contributed by atoms with Crippen LogP contribution in [0.1, 0.15) is 32.4 Å². The summed E-state index contributed by atoms with van der Waals surface area (Å²) in [7, 11) is -4.76. The molecule has 1 aromatic rings. The van der Waals surface area contributed by atoms with Gasteiger partial charge in [-0.05, 0) is 38.5 Å². The average molecular weight is 450 g/mol. The van der Waals surface area contributed by atoms with Crippen LogP contribution in [0.4, 0.5) is 18.0 Å². The van der Waals surface area contributed by atoms with Crippen molar-refractivity contribution >= 4 is 34.6 Å². The first-order valence-electron chi connectivity index (χ1n) is 7.34. The first-order valence-corrected chi connectivity index (χ1v) is 8.75. The van der Waals surface area contributed by atoms with E-state index in [4.69, 9.17) is 4.74 Å². The third kappa shape index (κ3) is 7.43. The third-order valence-electron chi connectivity index (χ3n) is 2.80. The number of rotatable bonds is 5. The number of benzene rings is 1. The molecule has 0 aromatic heterocycles. The van der Waals surface area contributed by atoms with Crippen molar-refractivity contribution in [2.24, 2.45) is 0 Å². The second kappa shape index (κ2) is 9.32. The van der Waals surface area contributed by atoms with Crippen molar-refractivity contribution in [2.45, 2.75) is 37.9 Å². The highest BCUT2D eigenvalue weighted by molar-refractivity contribution is 7.88. The lowest BCUT2D eigenvalue weighted by Crippen LogP contribution is -2.38. The molecule has 1 atom stereocenters. The molecule has 0 heterocycles. The Balaban J connectivity index is 0.00000729. The molecule has 0 aliphatic rings. The summed E-state index contributed by atoms with van der Waals surface area (Å²) in [6.45, 7) is 4.81. The first kappa shape index (κ1) is 25.8. The summed E-state index contributed by atoms with van der Waals surface area (Å²) < 4.78 is 72.5. The van der Waals surface area contributed by atoms with E-state index < -0.39 is 45.1 Å². The molecule has 0 saturated heterocycles. The normalized spacial score (nSPS) is 13.0. The molecule has 0 saturated carbocycles. The van der Waals surface area contributed by atoms with Gasteiger partial charge in [0.25, 0.3) is 0 Å². The number of esters is 1. The van der Waals surface area contributed by atoms with Gasteiger partial charge in [0.1, 0.15) is 11.4 Å². The van der Waals surface area contributed by atoms with Crippen molar-refractivity contribution < 1.29 is 44.8 Å². The first-order chi connectivity index (χ1) is 12.2. The zero-order valence-corrected chi connectivity index (χ0v) is 16.8. The molecule has 1 amide bonds. The van der Waals surface area contributed by atoms with Crippen LogP contribution in [-0.4, -0.2) is 38.7 Å². The second-order valence-electron chi connectivity index (χ2n) is 6.15. The van der Waals surface area contributed by atoms with Gasteiger partial charge in [0.05, 0.1) is 7.11 Å². The Morgan fingerprint density at radius 2 is 1.57 bits per heavy atom. The smallest absolute Gasteiger partial charge is 0.467 e. The summed E-state index contributed by atoms with van der Waals surface area (Å²) in [4.78, 5) is 23.7. The highest BCUT2D eigenvalue weighted by Gasteiger charge is 2.48. The maximum atomic E-state index is 12.3. The quantitative estimate of drug-likeness (QED) is 0.418. The molecule has 1 rings (SSSR count). The van der Waals surface area contributed by atoms with Crippen LogP contribution in [0.25, 0.3) is 0 Å². The highest BCUT2D eigenvalue weighted by atomic mass is 35.5. The molecule has 1 N–H and O–H groups in total. The molecule has 0 aliphatic heterocycles. The van der Waals surface area contributed by atoms with Gasteiger partial charge in [0.2, 0.25) is 0 Å². The summed E-state index contributed by atoms with van der Waals surface area (Å²) >= 11 is 0. The molecule has 8 nitrogen and oxygen atoms in total. The number of nitrogens with one attached hydrogen (secondary N) is 1. The van der Waals surface area contributed by atoms with Gasteiger partial charge in [-0.15, -0.1) is 12.4 Å². The minimum Gasteiger partial charge on any atom is -0.467 e. The number of amides is 1. The van der Waals surface area contributed by atoms with Gasteiger partial charge in [-0.1, -0.05) is 12.1 Å². The lowest BCUT2D eigenvalue weighted by molar-refractivity contribution is -0.143. The van der Waals surface area contributed by atoms with Gasteiger partial charge in [-0.25, -0.2) is 9.59 Å². The topological polar surface area (TPSA) is 108 Å². The van der Waals surface area contributed by atoms with E-state index in [1.54, 1.807) is 20.8 Å². The van der Waals surface area contributed by atoms with E-state index >= 15 is 0 Å². The number of alkyl halides is 3. The summed E-state index contributed by atoms with van der Waals surface area (Å²) in [5.41, 5.74) is -6.32. The molecule has 160 valence electrons. The van der Waals surface area contributed by atoms with Crippen LogP contribution < -0.4 is 9.50 Å². The summed E-state index contributed by atoms with van der Waals surface area (Å²) in [5.74, 6) is -1.51. The Morgan fingerprint density at radius 1 is 1.07 bits per heavy atom. The number of carbonyl (C=O) groups excluding carboxylic acids is 2. The standard InChI is InChI=1S/C15H18F3NO7S.ClH/c1-14(2,3)25-13(21)19-11(12(20)24-4)9-5-7-10(8-6-9)26-27(22,23)15(16,17)18;/h5-8,11H,1-4H3,(H,19,21);1H/t11-;/m1./s1. The molecule has 0 aliphatic carbocycles. The van der Waals surface area contributed by atoms with Gasteiger partial charge in [-0.3, -0.25) is 0 Å². The SMILES string of the molecule is COC(=O)[C@H](NC(=O)OC(C)(C)C)c1ccc(OS(=O)(=O)C(F)(F)F)cc1.Cl. The lowest BCUT2D eigenvalue weighted by Gasteiger charge is -2.22. The maximum Gasteiger partial charge on any atom is 0.534 e. The van der Waals surface area contributed by atoms with E-state index in [2.05, 4.69) is 14.2 Å². The average Bonchev–Trinajstić information content (AvgIpc) is 2.49. The Kier molecular flexibility index (Phi) is 8.59. The minimum atomic E-state index is -5.83. The number of halogens is 4. The number of ether oxygens (including phenoxy) is 2. The van der Waals surface area contributed by atoms with Gasteiger partial charge in [0.15, 0.2) is 6.04 Å². The van der Waals surface area contributed by atoms with Crippen LogP contribution >= 0.6 is 12.4 Å². The maximum absolute atomic E-state index is 12.3. The Hall–Kier alpha value is -2.21. The van der Waals surface area contributed by atoms with Crippen molar-refractivity contribution in [3.05, 3.63) is 29.8 Å². The van der Waals surface area contributed by atoms with Crippen LogP contribution in [0.2, 0.25) is 0 Å². The molecule has 28 heavy (non-hydrogen) atoms. The van der Waals surface area contributed by atoms with Crippen LogP contribution in [0.5, 0.6) is 5.75 Å². The van der Waals surface area contributed by atoms with E-state index in [1.165, 1.54) is 0 Å². The lowest BCUT2D eigenvalue weighted by atomic mass is 10.1. The van der Waals surface area contributed by atoms with E-state index in [-0.39, 0.29) is 18.0 Å². The fourth-order valence-corrected chi connectivity index (χ4v) is 2.17. The van der Waals surface area contributed by atoms with Crippen LogP contribution in [0.15, 0.2) is 24.3 Å². The van der Waals surface area contributed by atoms with Gasteiger partial charge < -0.3 is 19.0 Å². The molecule has 0 fully saturated rings. The molecular weight excluding hydrogens is 431 g/mol. The Morgan fingerprint density at radius 3 is 1.96 bits per heavy atom. The van der Waals surface area contributed by atoms with E-state index in [9.17, 15) is 31.2 Å². The molecule has 0 radical (unpaired) electrons. The fraction of sp³-hybridized carbons (Fsp3) is 0.467. The monoisotopic (exact) mass is 449 g/mol. The van der Waals surface area contributed by atoms with Crippen molar-refractivity contribution in [1.82, 2.24) is 5.32 Å². The van der Waals surface area contributed by atoms with Crippen molar-refractivity contribution in [2.75, 3.05) is 7.11 Å². The van der Waals surface area contributed by atoms with Gasteiger partial charge >= 0.3 is 27.7 Å². The van der Waals surface area contributed by atoms with E-state index in [1.807, 2.05) is 0 Å². The number of alkyl carbamates (subject to hydrolysis) is 1. The number of hydrogen-bond acceptors (Lipinski definition) is 7. The molecular formula is C15H19ClF3NO7S. The number of methoxy groups -OCH3 is 1. The largest absolute Gasteiger partial charge is 0.534 e. The van der Waals surface area contributed by atoms with Crippen LogP contribution in [-0.2, 0) is 24.4 Å².